The molecule has 128 valence electrons. The van der Waals surface area contributed by atoms with Crippen molar-refractivity contribution in [2.24, 2.45) is 0 Å². The Labute approximate surface area is 146 Å². The minimum absolute atomic E-state index is 0.0896. The number of aryl methyl sites for hydroxylation is 2. The third-order valence-corrected chi connectivity index (χ3v) is 4.15. The first-order valence-corrected chi connectivity index (χ1v) is 7.94. The number of anilines is 1. The Morgan fingerprint density at radius 1 is 1.12 bits per heavy atom. The molecule has 3 rings (SSSR count). The summed E-state index contributed by atoms with van der Waals surface area (Å²) in [4.78, 5) is 16.7. The second kappa shape index (κ2) is 6.76. The monoisotopic (exact) mass is 336 g/mol. The highest BCUT2D eigenvalue weighted by Gasteiger charge is 2.16. The first-order valence-electron chi connectivity index (χ1n) is 7.94. The number of ether oxygens (including phenoxy) is 1. The van der Waals surface area contributed by atoms with Crippen LogP contribution in [-0.2, 0) is 6.42 Å². The van der Waals surface area contributed by atoms with E-state index in [1.54, 1.807) is 7.11 Å². The summed E-state index contributed by atoms with van der Waals surface area (Å²) in [5, 5.41) is 4.29. The van der Waals surface area contributed by atoms with Gasteiger partial charge in [-0.1, -0.05) is 24.3 Å². The molecule has 3 aromatic rings. The Morgan fingerprint density at radius 2 is 1.84 bits per heavy atom. The molecule has 1 heterocycles. The summed E-state index contributed by atoms with van der Waals surface area (Å²) in [7, 11) is 1.60. The predicted octanol–water partition coefficient (Wildman–Crippen LogP) is 3.04. The van der Waals surface area contributed by atoms with Crippen LogP contribution < -0.4 is 10.5 Å². The molecule has 0 unspecified atom stereocenters. The van der Waals surface area contributed by atoms with E-state index in [0.717, 1.165) is 27.1 Å². The molecule has 0 bridgehead atoms. The van der Waals surface area contributed by atoms with Gasteiger partial charge in [0, 0.05) is 5.56 Å². The van der Waals surface area contributed by atoms with E-state index in [1.807, 2.05) is 56.3 Å². The zero-order valence-electron chi connectivity index (χ0n) is 14.5. The summed E-state index contributed by atoms with van der Waals surface area (Å²) >= 11 is 0. The maximum Gasteiger partial charge on any atom is 0.254 e. The summed E-state index contributed by atoms with van der Waals surface area (Å²) in [6.07, 6.45) is 0.184. The number of carbonyl (C=O) groups is 1. The average molecular weight is 336 g/mol. The Hall–Kier alpha value is -3.15. The summed E-state index contributed by atoms with van der Waals surface area (Å²) in [5.74, 6) is 1.05. The van der Waals surface area contributed by atoms with Crippen LogP contribution in [0.1, 0.15) is 21.5 Å². The zero-order valence-corrected chi connectivity index (χ0v) is 14.5. The Morgan fingerprint density at radius 3 is 2.48 bits per heavy atom. The predicted molar refractivity (Wildman–Crippen MR) is 96.7 cm³/mol. The van der Waals surface area contributed by atoms with Crippen LogP contribution >= 0.6 is 0 Å². The van der Waals surface area contributed by atoms with Crippen molar-refractivity contribution in [3.05, 3.63) is 59.2 Å². The first kappa shape index (κ1) is 16.7. The lowest BCUT2D eigenvalue weighted by Crippen LogP contribution is -2.17. The average Bonchev–Trinajstić information content (AvgIpc) is 3.00. The summed E-state index contributed by atoms with van der Waals surface area (Å²) < 4.78 is 6.28. The van der Waals surface area contributed by atoms with Gasteiger partial charge in [-0.3, -0.25) is 4.79 Å². The number of nitrogens with zero attached hydrogens (tertiary/aromatic N) is 3. The van der Waals surface area contributed by atoms with Crippen molar-refractivity contribution in [1.29, 1.82) is 0 Å². The number of hydrogen-bond donors (Lipinski definition) is 1. The Bertz CT molecular complexity index is 914. The number of methoxy groups -OCH3 is 1. The molecule has 0 fully saturated rings. The van der Waals surface area contributed by atoms with Crippen LogP contribution in [-0.4, -0.2) is 27.8 Å². The van der Waals surface area contributed by atoms with Crippen molar-refractivity contribution in [2.75, 3.05) is 12.8 Å². The molecule has 0 atom stereocenters. The number of nitrogens with two attached hydrogens (primary N) is 1. The maximum atomic E-state index is 12.5. The molecule has 1 aromatic heterocycles. The normalized spacial score (nSPS) is 10.7. The highest BCUT2D eigenvalue weighted by atomic mass is 16.5. The zero-order chi connectivity index (χ0) is 18.0. The summed E-state index contributed by atoms with van der Waals surface area (Å²) in [5.41, 5.74) is 9.91. The molecule has 0 amide bonds. The van der Waals surface area contributed by atoms with Gasteiger partial charge in [0.2, 0.25) is 5.95 Å². The number of rotatable bonds is 4. The van der Waals surface area contributed by atoms with Crippen molar-refractivity contribution >= 4 is 11.9 Å². The van der Waals surface area contributed by atoms with Crippen molar-refractivity contribution in [3.63, 3.8) is 0 Å². The molecular weight excluding hydrogens is 316 g/mol. The van der Waals surface area contributed by atoms with Crippen LogP contribution in [0.5, 0.6) is 5.75 Å². The molecule has 0 radical (unpaired) electrons. The third-order valence-electron chi connectivity index (χ3n) is 4.15. The lowest BCUT2D eigenvalue weighted by atomic mass is 10.1. The smallest absolute Gasteiger partial charge is 0.254 e. The highest BCUT2D eigenvalue weighted by molar-refractivity contribution is 5.83. The molecule has 6 heteroatoms. The second-order valence-corrected chi connectivity index (χ2v) is 5.92. The van der Waals surface area contributed by atoms with Crippen molar-refractivity contribution in [3.8, 4) is 17.1 Å². The summed E-state index contributed by atoms with van der Waals surface area (Å²) in [6.45, 7) is 4.06. The second-order valence-electron chi connectivity index (χ2n) is 5.92. The van der Waals surface area contributed by atoms with Gasteiger partial charge in [0.1, 0.15) is 5.75 Å². The Kier molecular flexibility index (Phi) is 4.52. The van der Waals surface area contributed by atoms with E-state index in [9.17, 15) is 4.79 Å². The molecular formula is C19H20N4O2. The fourth-order valence-corrected chi connectivity index (χ4v) is 2.50. The van der Waals surface area contributed by atoms with E-state index in [1.165, 1.54) is 5.56 Å². The van der Waals surface area contributed by atoms with Gasteiger partial charge in [-0.2, -0.15) is 9.67 Å². The summed E-state index contributed by atoms with van der Waals surface area (Å²) in [6, 6.07) is 13.2. The molecule has 0 saturated heterocycles. The van der Waals surface area contributed by atoms with Crippen LogP contribution in [0.2, 0.25) is 0 Å². The maximum absolute atomic E-state index is 12.5. The molecule has 0 spiro atoms. The van der Waals surface area contributed by atoms with Crippen LogP contribution in [0.4, 0.5) is 5.95 Å². The number of benzene rings is 2. The van der Waals surface area contributed by atoms with Crippen molar-refractivity contribution in [2.45, 2.75) is 20.3 Å². The van der Waals surface area contributed by atoms with Crippen molar-refractivity contribution < 1.29 is 9.53 Å². The molecule has 2 aromatic carbocycles. The quantitative estimate of drug-likeness (QED) is 0.792. The minimum Gasteiger partial charge on any atom is -0.497 e. The van der Waals surface area contributed by atoms with E-state index < -0.39 is 0 Å². The molecule has 25 heavy (non-hydrogen) atoms. The van der Waals surface area contributed by atoms with Gasteiger partial charge in [0.15, 0.2) is 5.82 Å². The van der Waals surface area contributed by atoms with Crippen LogP contribution in [0.25, 0.3) is 11.4 Å². The fourth-order valence-electron chi connectivity index (χ4n) is 2.50. The van der Waals surface area contributed by atoms with Gasteiger partial charge < -0.3 is 10.5 Å². The number of carbonyl (C=O) groups excluding carboxylic acids is 1. The molecule has 0 aliphatic heterocycles. The van der Waals surface area contributed by atoms with Crippen molar-refractivity contribution in [1.82, 2.24) is 14.8 Å². The topological polar surface area (TPSA) is 83.0 Å². The van der Waals surface area contributed by atoms with Gasteiger partial charge >= 0.3 is 0 Å². The molecule has 2 N–H and O–H groups in total. The standard InChI is InChI=1S/C19H20N4O2/c1-12-4-7-15(10-13(12)2)18-21-19(20)23(22-18)17(24)11-14-5-8-16(25-3)9-6-14/h4-10H,11H2,1-3H3,(H2,20,21,22). The lowest BCUT2D eigenvalue weighted by molar-refractivity contribution is 0.0901. The SMILES string of the molecule is COc1ccc(CC(=O)n2nc(-c3ccc(C)c(C)c3)nc2N)cc1. The van der Waals surface area contributed by atoms with Gasteiger partial charge in [-0.25, -0.2) is 0 Å². The van der Waals surface area contributed by atoms with Crippen LogP contribution in [0.3, 0.4) is 0 Å². The molecule has 0 saturated carbocycles. The van der Waals surface area contributed by atoms with Gasteiger partial charge in [-0.15, -0.1) is 5.10 Å². The van der Waals surface area contributed by atoms with E-state index >= 15 is 0 Å². The minimum atomic E-state index is -0.231. The molecule has 0 aliphatic rings. The number of aromatic nitrogens is 3. The third kappa shape index (κ3) is 3.52. The lowest BCUT2D eigenvalue weighted by Gasteiger charge is -2.04. The van der Waals surface area contributed by atoms with Gasteiger partial charge in [-0.05, 0) is 48.7 Å². The largest absolute Gasteiger partial charge is 0.497 e. The molecule has 6 nitrogen and oxygen atoms in total. The van der Waals surface area contributed by atoms with E-state index in [2.05, 4.69) is 10.1 Å². The van der Waals surface area contributed by atoms with Crippen LogP contribution in [0, 0.1) is 13.8 Å². The van der Waals surface area contributed by atoms with E-state index in [-0.39, 0.29) is 18.3 Å². The molecule has 0 aliphatic carbocycles. The highest BCUT2D eigenvalue weighted by Crippen LogP contribution is 2.20. The first-order chi connectivity index (χ1) is 12.0. The Balaban J connectivity index is 1.83. The van der Waals surface area contributed by atoms with E-state index in [4.69, 9.17) is 10.5 Å². The fraction of sp³-hybridized carbons (Fsp3) is 0.211. The van der Waals surface area contributed by atoms with E-state index in [0.29, 0.717) is 5.82 Å². The van der Waals surface area contributed by atoms with Gasteiger partial charge in [0.25, 0.3) is 5.91 Å². The number of hydrogen-bond acceptors (Lipinski definition) is 5. The van der Waals surface area contributed by atoms with Gasteiger partial charge in [0.05, 0.1) is 13.5 Å². The van der Waals surface area contributed by atoms with Crippen LogP contribution in [0.15, 0.2) is 42.5 Å². The number of nitrogen functional groups attached to an aromatic ring is 1.